The largest absolute Gasteiger partial charge is 0.479 e. The number of anilines is 1. The van der Waals surface area contributed by atoms with Gasteiger partial charge < -0.3 is 15.4 Å². The number of rotatable bonds is 4. The fraction of sp³-hybridized carbons (Fsp3) is 0.619. The van der Waals surface area contributed by atoms with Crippen LogP contribution < -0.4 is 15.4 Å². The third-order valence-corrected chi connectivity index (χ3v) is 8.39. The summed E-state index contributed by atoms with van der Waals surface area (Å²) in [5.74, 6) is 0.0238. The number of nitrogens with one attached hydrogen (secondary N) is 2. The number of benzene rings is 1. The van der Waals surface area contributed by atoms with E-state index in [1.54, 1.807) is 19.9 Å². The standard InChI is InChI=1S/C21H29N3O5S/c1-13-11-17-18(29-14(2)20(25)23-17)12-19(13)30(27,28)24-9-7-15(8-10-24)21(26)22-16-5-3-4-6-16/h11-12,14-16H,3-10H2,1-2H3,(H,22,26)(H,23,25)/t14-/m1/s1. The van der Waals surface area contributed by atoms with Crippen molar-refractivity contribution in [2.45, 2.75) is 69.4 Å². The van der Waals surface area contributed by atoms with Gasteiger partial charge in [-0.05, 0) is 51.2 Å². The lowest BCUT2D eigenvalue weighted by Crippen LogP contribution is -2.45. The molecule has 1 aromatic rings. The van der Waals surface area contributed by atoms with Crippen molar-refractivity contribution in [3.63, 3.8) is 0 Å². The number of carbonyl (C=O) groups is 2. The molecule has 0 aromatic heterocycles. The zero-order chi connectivity index (χ0) is 21.5. The Kier molecular flexibility index (Phi) is 5.76. The number of amides is 2. The van der Waals surface area contributed by atoms with Gasteiger partial charge >= 0.3 is 0 Å². The quantitative estimate of drug-likeness (QED) is 0.754. The van der Waals surface area contributed by atoms with Gasteiger partial charge in [0.25, 0.3) is 5.91 Å². The molecule has 1 aliphatic carbocycles. The summed E-state index contributed by atoms with van der Waals surface area (Å²) in [6.07, 6.45) is 4.76. The molecule has 1 atom stereocenters. The first kappa shape index (κ1) is 21.1. The van der Waals surface area contributed by atoms with Crippen molar-refractivity contribution < 1.29 is 22.7 Å². The second kappa shape index (κ2) is 8.19. The van der Waals surface area contributed by atoms with E-state index in [9.17, 15) is 18.0 Å². The fourth-order valence-corrected chi connectivity index (χ4v) is 6.20. The minimum absolute atomic E-state index is 0.0574. The molecular formula is C21H29N3O5S. The number of fused-ring (bicyclic) bond motifs is 1. The number of hydrogen-bond acceptors (Lipinski definition) is 5. The zero-order valence-electron chi connectivity index (χ0n) is 17.4. The molecule has 1 aromatic carbocycles. The van der Waals surface area contributed by atoms with E-state index in [0.29, 0.717) is 42.9 Å². The Morgan fingerprint density at radius 1 is 1.17 bits per heavy atom. The monoisotopic (exact) mass is 435 g/mol. The normalized spacial score (nSPS) is 23.5. The van der Waals surface area contributed by atoms with Crippen LogP contribution in [0.15, 0.2) is 17.0 Å². The first-order chi connectivity index (χ1) is 14.3. The van der Waals surface area contributed by atoms with Crippen LogP contribution in [0, 0.1) is 12.8 Å². The van der Waals surface area contributed by atoms with Crippen molar-refractivity contribution in [2.24, 2.45) is 5.92 Å². The zero-order valence-corrected chi connectivity index (χ0v) is 18.3. The Bertz CT molecular complexity index is 948. The summed E-state index contributed by atoms with van der Waals surface area (Å²) in [6.45, 7) is 3.96. The molecule has 2 fully saturated rings. The van der Waals surface area contributed by atoms with Gasteiger partial charge in [-0.1, -0.05) is 12.8 Å². The molecule has 9 heteroatoms. The van der Waals surface area contributed by atoms with Crippen LogP contribution in [0.3, 0.4) is 0 Å². The van der Waals surface area contributed by atoms with Crippen molar-refractivity contribution in [3.8, 4) is 5.75 Å². The molecule has 2 aliphatic heterocycles. The second-order valence-corrected chi connectivity index (χ2v) is 10.4. The topological polar surface area (TPSA) is 105 Å². The van der Waals surface area contributed by atoms with Crippen LogP contribution in [0.5, 0.6) is 5.75 Å². The number of hydrogen-bond donors (Lipinski definition) is 2. The highest BCUT2D eigenvalue weighted by molar-refractivity contribution is 7.89. The minimum atomic E-state index is -3.72. The van der Waals surface area contributed by atoms with Gasteiger partial charge in [-0.3, -0.25) is 9.59 Å². The van der Waals surface area contributed by atoms with E-state index in [0.717, 1.165) is 25.7 Å². The molecule has 4 rings (SSSR count). The summed E-state index contributed by atoms with van der Waals surface area (Å²) in [7, 11) is -3.72. The van der Waals surface area contributed by atoms with Crippen LogP contribution in [0.1, 0.15) is 51.0 Å². The molecule has 1 saturated heterocycles. The lowest BCUT2D eigenvalue weighted by molar-refractivity contribution is -0.126. The molecule has 2 heterocycles. The summed E-state index contributed by atoms with van der Waals surface area (Å²) in [5, 5.41) is 5.87. The van der Waals surface area contributed by atoms with Crippen molar-refractivity contribution in [3.05, 3.63) is 17.7 Å². The first-order valence-corrected chi connectivity index (χ1v) is 12.1. The van der Waals surface area contributed by atoms with Gasteiger partial charge in [-0.25, -0.2) is 8.42 Å². The highest BCUT2D eigenvalue weighted by Gasteiger charge is 2.35. The summed E-state index contributed by atoms with van der Waals surface area (Å²) in [5.41, 5.74) is 1.03. The van der Waals surface area contributed by atoms with E-state index < -0.39 is 16.1 Å². The molecule has 0 unspecified atom stereocenters. The van der Waals surface area contributed by atoms with E-state index in [1.807, 2.05) is 0 Å². The van der Waals surface area contributed by atoms with Gasteiger partial charge in [-0.15, -0.1) is 0 Å². The van der Waals surface area contributed by atoms with Gasteiger partial charge in [0, 0.05) is 31.1 Å². The van der Waals surface area contributed by atoms with Crippen molar-refractivity contribution >= 4 is 27.5 Å². The third-order valence-electron chi connectivity index (χ3n) is 6.35. The van der Waals surface area contributed by atoms with Crippen LogP contribution in [0.2, 0.25) is 0 Å². The van der Waals surface area contributed by atoms with E-state index in [4.69, 9.17) is 4.74 Å². The van der Waals surface area contributed by atoms with E-state index >= 15 is 0 Å². The number of sulfonamides is 1. The lowest BCUT2D eigenvalue weighted by atomic mass is 9.97. The van der Waals surface area contributed by atoms with Gasteiger partial charge in [0.05, 0.1) is 10.6 Å². The lowest BCUT2D eigenvalue weighted by Gasteiger charge is -2.32. The van der Waals surface area contributed by atoms with E-state index in [2.05, 4.69) is 10.6 Å². The molecular weight excluding hydrogens is 406 g/mol. The number of aryl methyl sites for hydroxylation is 1. The van der Waals surface area contributed by atoms with Crippen LogP contribution in [-0.4, -0.2) is 49.8 Å². The predicted molar refractivity (Wildman–Crippen MR) is 112 cm³/mol. The van der Waals surface area contributed by atoms with E-state index in [-0.39, 0.29) is 28.7 Å². The summed E-state index contributed by atoms with van der Waals surface area (Å²) in [6, 6.07) is 3.41. The Hall–Kier alpha value is -2.13. The summed E-state index contributed by atoms with van der Waals surface area (Å²) >= 11 is 0. The fourth-order valence-electron chi connectivity index (χ4n) is 4.51. The van der Waals surface area contributed by atoms with Gasteiger partial charge in [0.15, 0.2) is 6.10 Å². The maximum absolute atomic E-state index is 13.3. The average molecular weight is 436 g/mol. The first-order valence-electron chi connectivity index (χ1n) is 10.7. The Morgan fingerprint density at radius 3 is 2.50 bits per heavy atom. The van der Waals surface area contributed by atoms with Gasteiger partial charge in [0.1, 0.15) is 5.75 Å². The van der Waals surface area contributed by atoms with Crippen molar-refractivity contribution in [2.75, 3.05) is 18.4 Å². The molecule has 2 N–H and O–H groups in total. The van der Waals surface area contributed by atoms with Crippen molar-refractivity contribution in [1.82, 2.24) is 9.62 Å². The summed E-state index contributed by atoms with van der Waals surface area (Å²) in [4.78, 5) is 24.5. The van der Waals surface area contributed by atoms with Gasteiger partial charge in [0.2, 0.25) is 15.9 Å². The molecule has 2 amide bonds. The van der Waals surface area contributed by atoms with Crippen LogP contribution in [-0.2, 0) is 19.6 Å². The molecule has 0 bridgehead atoms. The maximum atomic E-state index is 13.3. The average Bonchev–Trinajstić information content (AvgIpc) is 3.22. The number of ether oxygens (including phenoxy) is 1. The Morgan fingerprint density at radius 2 is 1.83 bits per heavy atom. The molecule has 0 radical (unpaired) electrons. The van der Waals surface area contributed by atoms with E-state index in [1.165, 1.54) is 10.4 Å². The molecule has 0 spiro atoms. The number of carbonyl (C=O) groups excluding carboxylic acids is 2. The third kappa shape index (κ3) is 4.05. The molecule has 30 heavy (non-hydrogen) atoms. The Labute approximate surface area is 177 Å². The summed E-state index contributed by atoms with van der Waals surface area (Å²) < 4.78 is 33.6. The molecule has 1 saturated carbocycles. The molecule has 3 aliphatic rings. The van der Waals surface area contributed by atoms with Crippen LogP contribution in [0.25, 0.3) is 0 Å². The predicted octanol–water partition coefficient (Wildman–Crippen LogP) is 2.17. The van der Waals surface area contributed by atoms with Crippen LogP contribution in [0.4, 0.5) is 5.69 Å². The number of piperidine rings is 1. The Balaban J connectivity index is 1.45. The van der Waals surface area contributed by atoms with Crippen LogP contribution >= 0.6 is 0 Å². The minimum Gasteiger partial charge on any atom is -0.479 e. The smallest absolute Gasteiger partial charge is 0.265 e. The van der Waals surface area contributed by atoms with Gasteiger partial charge in [-0.2, -0.15) is 4.31 Å². The molecule has 8 nitrogen and oxygen atoms in total. The second-order valence-electron chi connectivity index (χ2n) is 8.53. The maximum Gasteiger partial charge on any atom is 0.265 e. The number of nitrogens with zero attached hydrogens (tertiary/aromatic N) is 1. The van der Waals surface area contributed by atoms with Crippen molar-refractivity contribution in [1.29, 1.82) is 0 Å². The highest BCUT2D eigenvalue weighted by Crippen LogP contribution is 2.36. The SMILES string of the molecule is Cc1cc2c(cc1S(=O)(=O)N1CCC(C(=O)NC3CCCC3)CC1)O[C@H](C)C(=O)N2. The highest BCUT2D eigenvalue weighted by atomic mass is 32.2. The molecule has 164 valence electrons.